The number of methoxy groups -OCH3 is 1. The van der Waals surface area contributed by atoms with Crippen LogP contribution in [0.2, 0.25) is 0 Å². The number of rotatable bonds is 4. The number of anilines is 3. The first kappa shape index (κ1) is 16.2. The summed E-state index contributed by atoms with van der Waals surface area (Å²) in [7, 11) is 1.60. The van der Waals surface area contributed by atoms with Gasteiger partial charge in [0.25, 0.3) is 0 Å². The lowest BCUT2D eigenvalue weighted by atomic mass is 10.0. The maximum absolute atomic E-state index is 6.10. The summed E-state index contributed by atoms with van der Waals surface area (Å²) < 4.78 is 5.34. The molecule has 3 aromatic rings. The second-order valence-electron chi connectivity index (χ2n) is 6.25. The van der Waals surface area contributed by atoms with E-state index in [0.717, 1.165) is 41.1 Å². The van der Waals surface area contributed by atoms with E-state index in [4.69, 9.17) is 26.9 Å². The molecule has 0 aliphatic carbocycles. The second-order valence-corrected chi connectivity index (χ2v) is 6.25. The van der Waals surface area contributed by atoms with Gasteiger partial charge in [0, 0.05) is 41.7 Å². The van der Waals surface area contributed by atoms with Crippen molar-refractivity contribution in [2.75, 3.05) is 31.2 Å². The third-order valence-electron chi connectivity index (χ3n) is 4.50. The van der Waals surface area contributed by atoms with Gasteiger partial charge in [0.15, 0.2) is 0 Å². The molecule has 6 nitrogen and oxygen atoms in total. The molecule has 1 aliphatic rings. The van der Waals surface area contributed by atoms with Gasteiger partial charge in [-0.15, -0.1) is 6.42 Å². The van der Waals surface area contributed by atoms with E-state index in [9.17, 15) is 0 Å². The third kappa shape index (κ3) is 2.89. The van der Waals surface area contributed by atoms with Gasteiger partial charge in [0.05, 0.1) is 18.3 Å². The molecule has 0 atom stereocenters. The van der Waals surface area contributed by atoms with Crippen LogP contribution in [-0.4, -0.2) is 30.2 Å². The van der Waals surface area contributed by atoms with Gasteiger partial charge in [-0.2, -0.15) is 0 Å². The van der Waals surface area contributed by atoms with E-state index in [-0.39, 0.29) is 0 Å². The maximum atomic E-state index is 6.10. The Labute approximate surface area is 151 Å². The lowest BCUT2D eigenvalue weighted by molar-refractivity contribution is 0.417. The Hall–Kier alpha value is -3.30. The summed E-state index contributed by atoms with van der Waals surface area (Å²) in [5, 5.41) is 7.46. The molecule has 1 aliphatic heterocycles. The molecule has 4 N–H and O–H groups in total. The van der Waals surface area contributed by atoms with Crippen LogP contribution in [0, 0.1) is 12.3 Å². The summed E-state index contributed by atoms with van der Waals surface area (Å²) >= 11 is 0. The molecule has 0 spiro atoms. The van der Waals surface area contributed by atoms with Gasteiger partial charge in [-0.3, -0.25) is 0 Å². The van der Waals surface area contributed by atoms with E-state index in [0.29, 0.717) is 23.2 Å². The lowest BCUT2D eigenvalue weighted by Gasteiger charge is -2.26. The third-order valence-corrected chi connectivity index (χ3v) is 4.50. The fourth-order valence-corrected chi connectivity index (χ4v) is 2.94. The van der Waals surface area contributed by atoms with Crippen LogP contribution in [0.3, 0.4) is 0 Å². The molecule has 4 rings (SSSR count). The molecule has 130 valence electrons. The molecule has 1 fully saturated rings. The Balaban J connectivity index is 1.84. The number of nitrogen functional groups attached to an aromatic ring is 1. The standard InChI is InChI=1S/C20H19N5O/c1-3-12-5-4-6-14(7-12)23-20-15-8-16(21)18(26-2)9-17(15)24-19(25-20)13-10-22-11-13/h1,4-9,13,22H,10-11,21H2,2H3,(H,23,24,25). The number of benzene rings is 2. The van der Waals surface area contributed by atoms with Crippen molar-refractivity contribution >= 4 is 28.1 Å². The van der Waals surface area contributed by atoms with Crippen LogP contribution >= 0.6 is 0 Å². The summed E-state index contributed by atoms with van der Waals surface area (Å²) in [6.07, 6.45) is 5.50. The van der Waals surface area contributed by atoms with Crippen molar-refractivity contribution < 1.29 is 4.74 Å². The molecule has 0 amide bonds. The molecule has 0 unspecified atom stereocenters. The fourth-order valence-electron chi connectivity index (χ4n) is 2.94. The number of fused-ring (bicyclic) bond motifs is 1. The SMILES string of the molecule is C#Cc1cccc(Nc2nc(C3CNC3)nc3cc(OC)c(N)cc23)c1. The molecular weight excluding hydrogens is 326 g/mol. The summed E-state index contributed by atoms with van der Waals surface area (Å²) in [6, 6.07) is 11.3. The van der Waals surface area contributed by atoms with Crippen molar-refractivity contribution in [1.82, 2.24) is 15.3 Å². The zero-order valence-electron chi connectivity index (χ0n) is 14.4. The van der Waals surface area contributed by atoms with Crippen molar-refractivity contribution in [2.24, 2.45) is 0 Å². The van der Waals surface area contributed by atoms with Crippen LogP contribution in [0.15, 0.2) is 36.4 Å². The molecular formula is C20H19N5O. The topological polar surface area (TPSA) is 85.1 Å². The van der Waals surface area contributed by atoms with E-state index in [2.05, 4.69) is 16.6 Å². The van der Waals surface area contributed by atoms with E-state index < -0.39 is 0 Å². The average molecular weight is 345 g/mol. The van der Waals surface area contributed by atoms with Crippen LogP contribution in [0.5, 0.6) is 5.75 Å². The van der Waals surface area contributed by atoms with E-state index in [1.54, 1.807) is 7.11 Å². The molecule has 1 aromatic heterocycles. The predicted molar refractivity (Wildman–Crippen MR) is 104 cm³/mol. The highest BCUT2D eigenvalue weighted by Gasteiger charge is 2.23. The van der Waals surface area contributed by atoms with Gasteiger partial charge in [-0.1, -0.05) is 12.0 Å². The minimum atomic E-state index is 0.306. The Kier molecular flexibility index (Phi) is 4.07. The smallest absolute Gasteiger partial charge is 0.143 e. The lowest BCUT2D eigenvalue weighted by Crippen LogP contribution is -2.40. The first-order chi connectivity index (χ1) is 12.7. The molecule has 2 heterocycles. The normalized spacial score (nSPS) is 13.8. The molecule has 2 aromatic carbocycles. The zero-order chi connectivity index (χ0) is 18.1. The molecule has 1 saturated heterocycles. The van der Waals surface area contributed by atoms with E-state index in [1.165, 1.54) is 0 Å². The number of hydrogen-bond acceptors (Lipinski definition) is 6. The van der Waals surface area contributed by atoms with Gasteiger partial charge in [0.2, 0.25) is 0 Å². The zero-order valence-corrected chi connectivity index (χ0v) is 14.4. The first-order valence-corrected chi connectivity index (χ1v) is 8.37. The van der Waals surface area contributed by atoms with Crippen molar-refractivity contribution in [2.45, 2.75) is 5.92 Å². The minimum Gasteiger partial charge on any atom is -0.495 e. The quantitative estimate of drug-likeness (QED) is 0.498. The van der Waals surface area contributed by atoms with Crippen LogP contribution in [0.1, 0.15) is 17.3 Å². The summed E-state index contributed by atoms with van der Waals surface area (Å²) in [6.45, 7) is 1.76. The number of aromatic nitrogens is 2. The highest BCUT2D eigenvalue weighted by atomic mass is 16.5. The maximum Gasteiger partial charge on any atom is 0.143 e. The highest BCUT2D eigenvalue weighted by molar-refractivity contribution is 5.94. The minimum absolute atomic E-state index is 0.306. The largest absolute Gasteiger partial charge is 0.495 e. The fraction of sp³-hybridized carbons (Fsp3) is 0.200. The van der Waals surface area contributed by atoms with Crippen molar-refractivity contribution in [3.63, 3.8) is 0 Å². The molecule has 0 radical (unpaired) electrons. The highest BCUT2D eigenvalue weighted by Crippen LogP contribution is 2.33. The van der Waals surface area contributed by atoms with Gasteiger partial charge < -0.3 is 21.1 Å². The number of nitrogens with two attached hydrogens (primary N) is 1. The number of nitrogens with one attached hydrogen (secondary N) is 2. The Morgan fingerprint density at radius 2 is 2.12 bits per heavy atom. The van der Waals surface area contributed by atoms with Gasteiger partial charge in [-0.05, 0) is 24.3 Å². The number of hydrogen-bond donors (Lipinski definition) is 3. The summed E-state index contributed by atoms with van der Waals surface area (Å²) in [5.41, 5.74) is 9.11. The predicted octanol–water partition coefficient (Wildman–Crippen LogP) is 2.63. The molecule has 0 saturated carbocycles. The van der Waals surface area contributed by atoms with E-state index >= 15 is 0 Å². The van der Waals surface area contributed by atoms with Crippen LogP contribution in [0.25, 0.3) is 10.9 Å². The van der Waals surface area contributed by atoms with Crippen molar-refractivity contribution in [3.8, 4) is 18.1 Å². The number of ether oxygens (including phenoxy) is 1. The van der Waals surface area contributed by atoms with Crippen LogP contribution < -0.4 is 21.1 Å². The van der Waals surface area contributed by atoms with Gasteiger partial charge in [0.1, 0.15) is 17.4 Å². The van der Waals surface area contributed by atoms with Crippen molar-refractivity contribution in [3.05, 3.63) is 47.8 Å². The second kappa shape index (κ2) is 6.54. The average Bonchev–Trinajstić information content (AvgIpc) is 2.60. The summed E-state index contributed by atoms with van der Waals surface area (Å²) in [5.74, 6) is 5.07. The van der Waals surface area contributed by atoms with Gasteiger partial charge in [-0.25, -0.2) is 9.97 Å². The summed E-state index contributed by atoms with van der Waals surface area (Å²) in [4.78, 5) is 9.48. The number of nitrogens with zero attached hydrogens (tertiary/aromatic N) is 2. The van der Waals surface area contributed by atoms with E-state index in [1.807, 2.05) is 36.4 Å². The Morgan fingerprint density at radius 3 is 2.81 bits per heavy atom. The van der Waals surface area contributed by atoms with Crippen molar-refractivity contribution in [1.29, 1.82) is 0 Å². The molecule has 26 heavy (non-hydrogen) atoms. The van der Waals surface area contributed by atoms with Gasteiger partial charge >= 0.3 is 0 Å². The Morgan fingerprint density at radius 1 is 1.27 bits per heavy atom. The molecule has 0 bridgehead atoms. The monoisotopic (exact) mass is 345 g/mol. The number of terminal acetylenes is 1. The Bertz CT molecular complexity index is 1020. The molecule has 6 heteroatoms. The van der Waals surface area contributed by atoms with Crippen LogP contribution in [-0.2, 0) is 0 Å². The van der Waals surface area contributed by atoms with Crippen LogP contribution in [0.4, 0.5) is 17.2 Å². The first-order valence-electron chi connectivity index (χ1n) is 8.37.